The molecule has 1 heteroatoms. The van der Waals surface area contributed by atoms with Crippen LogP contribution in [0.2, 0.25) is 0 Å². The Bertz CT molecular complexity index is 19.7. The summed E-state index contributed by atoms with van der Waals surface area (Å²) >= 11 is 0. The number of rotatable bonds is 0. The van der Waals surface area contributed by atoms with Crippen molar-refractivity contribution in [2.75, 3.05) is 0 Å². The monoisotopic (exact) mass is 95.1 g/mol. The van der Waals surface area contributed by atoms with Gasteiger partial charge in [0, 0.05) is 8.41 Å². The van der Waals surface area contributed by atoms with Gasteiger partial charge in [-0.2, -0.15) is 0 Å². The maximum Gasteiger partial charge on any atom is 0 e. The van der Waals surface area contributed by atoms with E-state index in [-0.39, 0.29) is 8.41 Å². The molecule has 0 aromatic rings. The lowest BCUT2D eigenvalue weighted by molar-refractivity contribution is 0.504. The maximum absolute atomic E-state index is 1.50. The van der Waals surface area contributed by atoms with Crippen LogP contribution in [0.4, 0.5) is 0 Å². The third kappa shape index (κ3) is 2.72. The fourth-order valence-corrected chi connectivity index (χ4v) is 1.06. The lowest BCUT2D eigenvalue weighted by atomic mass is 10.0. The standard InChI is InChI=1S/C6H12.B/c1-2-4-6-5-3-1;/h1-6H2;. The van der Waals surface area contributed by atoms with Crippen molar-refractivity contribution in [3.63, 3.8) is 0 Å². The first-order valence-electron chi connectivity index (χ1n) is 3.00. The third-order valence-corrected chi connectivity index (χ3v) is 1.50. The molecule has 0 heterocycles. The quantitative estimate of drug-likeness (QED) is 0.403. The van der Waals surface area contributed by atoms with E-state index < -0.39 is 0 Å². The molecular formula is C6H12B. The van der Waals surface area contributed by atoms with Crippen molar-refractivity contribution in [1.29, 1.82) is 0 Å². The first kappa shape index (κ1) is 7.06. The minimum absolute atomic E-state index is 0. The summed E-state index contributed by atoms with van der Waals surface area (Å²) in [6.07, 6.45) is 9.00. The molecule has 1 fully saturated rings. The van der Waals surface area contributed by atoms with Gasteiger partial charge in [-0.25, -0.2) is 0 Å². The van der Waals surface area contributed by atoms with Crippen molar-refractivity contribution in [2.45, 2.75) is 38.5 Å². The molecule has 1 aliphatic rings. The molecule has 0 aromatic carbocycles. The van der Waals surface area contributed by atoms with E-state index in [1.165, 1.54) is 38.5 Å². The minimum atomic E-state index is 0. The van der Waals surface area contributed by atoms with Crippen LogP contribution in [-0.2, 0) is 0 Å². The van der Waals surface area contributed by atoms with Crippen LogP contribution in [0.3, 0.4) is 0 Å². The Kier molecular flexibility index (Phi) is 4.27. The van der Waals surface area contributed by atoms with Gasteiger partial charge >= 0.3 is 0 Å². The lowest BCUT2D eigenvalue weighted by Gasteiger charge is -2.05. The SMILES string of the molecule is C1CCCCC1.[B]. The average molecular weight is 95.0 g/mol. The van der Waals surface area contributed by atoms with E-state index in [0.717, 1.165) is 0 Å². The van der Waals surface area contributed by atoms with Crippen LogP contribution in [0, 0.1) is 0 Å². The third-order valence-electron chi connectivity index (χ3n) is 1.50. The number of hydrogen-bond donors (Lipinski definition) is 0. The lowest BCUT2D eigenvalue weighted by Crippen LogP contribution is -1.85. The van der Waals surface area contributed by atoms with Gasteiger partial charge in [-0.05, 0) is 0 Å². The molecule has 0 bridgehead atoms. The summed E-state index contributed by atoms with van der Waals surface area (Å²) in [7, 11) is 0. The summed E-state index contributed by atoms with van der Waals surface area (Å²) in [6.45, 7) is 0. The first-order chi connectivity index (χ1) is 3.00. The zero-order valence-corrected chi connectivity index (χ0v) is 4.82. The Morgan fingerprint density at radius 1 is 0.429 bits per heavy atom. The van der Waals surface area contributed by atoms with Crippen LogP contribution in [0.25, 0.3) is 0 Å². The Balaban J connectivity index is 0.000000360. The highest BCUT2D eigenvalue weighted by Crippen LogP contribution is 2.15. The molecule has 39 valence electrons. The Morgan fingerprint density at radius 2 is 0.571 bits per heavy atom. The van der Waals surface area contributed by atoms with Crippen molar-refractivity contribution < 1.29 is 0 Å². The molecule has 3 radical (unpaired) electrons. The Hall–Kier alpha value is 0.0649. The molecule has 0 saturated heterocycles. The van der Waals surface area contributed by atoms with E-state index >= 15 is 0 Å². The summed E-state index contributed by atoms with van der Waals surface area (Å²) in [6, 6.07) is 0. The van der Waals surface area contributed by atoms with Gasteiger partial charge in [-0.3, -0.25) is 0 Å². The molecule has 1 aliphatic carbocycles. The molecule has 0 amide bonds. The summed E-state index contributed by atoms with van der Waals surface area (Å²) in [5.74, 6) is 0. The Labute approximate surface area is 47.9 Å². The topological polar surface area (TPSA) is 0 Å². The van der Waals surface area contributed by atoms with Crippen molar-refractivity contribution >= 4 is 8.41 Å². The largest absolute Gasteiger partial charge is 0.0533 e. The molecule has 0 aromatic heterocycles. The highest BCUT2D eigenvalue weighted by atomic mass is 14.0. The fraction of sp³-hybridized carbons (Fsp3) is 1.00. The molecule has 1 saturated carbocycles. The maximum atomic E-state index is 1.50. The predicted molar refractivity (Wildman–Crippen MR) is 33.5 cm³/mol. The predicted octanol–water partition coefficient (Wildman–Crippen LogP) is 1.96. The van der Waals surface area contributed by atoms with Crippen molar-refractivity contribution in [3.8, 4) is 0 Å². The normalized spacial score (nSPS) is 20.6. The van der Waals surface area contributed by atoms with E-state index in [1.807, 2.05) is 0 Å². The molecule has 0 spiro atoms. The summed E-state index contributed by atoms with van der Waals surface area (Å²) in [5, 5.41) is 0. The summed E-state index contributed by atoms with van der Waals surface area (Å²) in [5.41, 5.74) is 0. The van der Waals surface area contributed by atoms with Crippen molar-refractivity contribution in [3.05, 3.63) is 0 Å². The van der Waals surface area contributed by atoms with E-state index in [4.69, 9.17) is 0 Å². The smallest absolute Gasteiger partial charge is 0 e. The number of hydrogen-bond acceptors (Lipinski definition) is 0. The van der Waals surface area contributed by atoms with Crippen LogP contribution in [-0.4, -0.2) is 8.41 Å². The van der Waals surface area contributed by atoms with Gasteiger partial charge in [0.2, 0.25) is 0 Å². The molecule has 0 aliphatic heterocycles. The van der Waals surface area contributed by atoms with E-state index in [1.54, 1.807) is 0 Å². The van der Waals surface area contributed by atoms with Crippen molar-refractivity contribution in [2.24, 2.45) is 0 Å². The van der Waals surface area contributed by atoms with Crippen LogP contribution >= 0.6 is 0 Å². The second-order valence-electron chi connectivity index (χ2n) is 2.12. The molecule has 0 unspecified atom stereocenters. The fourth-order valence-electron chi connectivity index (χ4n) is 1.06. The van der Waals surface area contributed by atoms with Crippen LogP contribution in [0.15, 0.2) is 0 Å². The van der Waals surface area contributed by atoms with Gasteiger partial charge in [0.15, 0.2) is 0 Å². The highest BCUT2D eigenvalue weighted by molar-refractivity contribution is 5.75. The minimum Gasteiger partial charge on any atom is -0.0533 e. The zero-order chi connectivity index (χ0) is 4.24. The highest BCUT2D eigenvalue weighted by Gasteiger charge is 1.95. The van der Waals surface area contributed by atoms with Gasteiger partial charge in [0.25, 0.3) is 0 Å². The van der Waals surface area contributed by atoms with Gasteiger partial charge < -0.3 is 0 Å². The van der Waals surface area contributed by atoms with Crippen LogP contribution in [0.1, 0.15) is 38.5 Å². The summed E-state index contributed by atoms with van der Waals surface area (Å²) < 4.78 is 0. The van der Waals surface area contributed by atoms with E-state index in [9.17, 15) is 0 Å². The molecular weight excluding hydrogens is 82.9 g/mol. The molecule has 0 nitrogen and oxygen atoms in total. The second-order valence-corrected chi connectivity index (χ2v) is 2.12. The molecule has 1 rings (SSSR count). The second kappa shape index (κ2) is 4.23. The van der Waals surface area contributed by atoms with Crippen molar-refractivity contribution in [1.82, 2.24) is 0 Å². The Morgan fingerprint density at radius 3 is 0.714 bits per heavy atom. The van der Waals surface area contributed by atoms with Gasteiger partial charge in [0.05, 0.1) is 0 Å². The molecule has 7 heavy (non-hydrogen) atoms. The first-order valence-corrected chi connectivity index (χ1v) is 3.00. The van der Waals surface area contributed by atoms with Gasteiger partial charge in [-0.1, -0.05) is 38.5 Å². The van der Waals surface area contributed by atoms with Gasteiger partial charge in [-0.15, -0.1) is 0 Å². The average Bonchev–Trinajstić information content (AvgIpc) is 1.72. The summed E-state index contributed by atoms with van der Waals surface area (Å²) in [4.78, 5) is 0. The molecule has 0 atom stereocenters. The molecule has 0 N–H and O–H groups in total. The van der Waals surface area contributed by atoms with E-state index in [2.05, 4.69) is 0 Å². The zero-order valence-electron chi connectivity index (χ0n) is 4.82. The van der Waals surface area contributed by atoms with Crippen LogP contribution < -0.4 is 0 Å². The van der Waals surface area contributed by atoms with Gasteiger partial charge in [0.1, 0.15) is 0 Å². The van der Waals surface area contributed by atoms with Crippen LogP contribution in [0.5, 0.6) is 0 Å². The van der Waals surface area contributed by atoms with E-state index in [0.29, 0.717) is 0 Å².